The van der Waals surface area contributed by atoms with E-state index in [1.165, 1.54) is 4.90 Å². The molecule has 0 saturated heterocycles. The second kappa shape index (κ2) is 10.3. The molecular weight excluding hydrogens is 252 g/mol. The molecule has 2 N–H and O–H groups in total. The Bertz CT molecular complexity index is 181. The van der Waals surface area contributed by atoms with Gasteiger partial charge in [-0.1, -0.05) is 20.8 Å². The molecule has 0 aromatic carbocycles. The summed E-state index contributed by atoms with van der Waals surface area (Å²) in [6, 6.07) is 0. The summed E-state index contributed by atoms with van der Waals surface area (Å²) < 4.78 is 0.194. The maximum Gasteiger partial charge on any atom is 0.100 e. The fourth-order valence-corrected chi connectivity index (χ4v) is 0. The first-order valence-electron chi connectivity index (χ1n) is 3.95. The predicted molar refractivity (Wildman–Crippen MR) is 72.1 cm³/mol. The van der Waals surface area contributed by atoms with Gasteiger partial charge in [0.2, 0.25) is 0 Å². The van der Waals surface area contributed by atoms with Crippen LogP contribution in [0.4, 0.5) is 9.59 Å². The molecule has 0 spiro atoms. The minimum atomic E-state index is -0.750. The van der Waals surface area contributed by atoms with Crippen molar-refractivity contribution in [3.8, 4) is 0 Å². The molecule has 0 aromatic heterocycles. The quantitative estimate of drug-likeness (QED) is 0.518. The summed E-state index contributed by atoms with van der Waals surface area (Å²) in [5.74, 6) is 0. The van der Waals surface area contributed by atoms with E-state index in [4.69, 9.17) is 4.79 Å². The van der Waals surface area contributed by atoms with Gasteiger partial charge in [-0.25, -0.2) is 0 Å². The Morgan fingerprint density at radius 3 is 1.27 bits per heavy atom. The summed E-state index contributed by atoms with van der Waals surface area (Å²) in [5.41, 5.74) is 4.29. The van der Waals surface area contributed by atoms with E-state index in [1.54, 1.807) is 14.1 Å². The van der Waals surface area contributed by atoms with Gasteiger partial charge in [0.1, 0.15) is 5.24 Å². The van der Waals surface area contributed by atoms with Gasteiger partial charge in [0.05, 0.1) is 5.24 Å². The number of thiol groups is 1. The zero-order chi connectivity index (χ0) is 13.2. The molecule has 7 heteroatoms. The summed E-state index contributed by atoms with van der Waals surface area (Å²) in [6.07, 6.45) is 0. The van der Waals surface area contributed by atoms with Crippen LogP contribution in [0.2, 0.25) is 0 Å². The second-order valence-corrected chi connectivity index (χ2v) is 5.74. The van der Waals surface area contributed by atoms with Crippen LogP contribution in [0.3, 0.4) is 0 Å². The summed E-state index contributed by atoms with van der Waals surface area (Å²) in [7, 11) is 3.24. The SMILES string of the molecule is CC(C)(C)S.CN(C)C(=O)[S-].NC(=O)[S-]. The maximum absolute atomic E-state index is 9.88. The average Bonchev–Trinajstić information content (AvgIpc) is 1.80. The number of hydrogen-bond donors (Lipinski definition) is 2. The van der Waals surface area contributed by atoms with Crippen molar-refractivity contribution >= 4 is 48.4 Å². The van der Waals surface area contributed by atoms with Gasteiger partial charge in [-0.2, -0.15) is 12.6 Å². The number of carbonyl (C=O) groups excluding carboxylic acids is 2. The lowest BCUT2D eigenvalue weighted by Crippen LogP contribution is -2.16. The zero-order valence-corrected chi connectivity index (χ0v) is 12.1. The van der Waals surface area contributed by atoms with Crippen LogP contribution in [0.5, 0.6) is 0 Å². The normalized spacial score (nSPS) is 8.67. The lowest BCUT2D eigenvalue weighted by molar-refractivity contribution is 0.241. The zero-order valence-electron chi connectivity index (χ0n) is 9.60. The van der Waals surface area contributed by atoms with E-state index in [9.17, 15) is 4.79 Å². The first-order valence-corrected chi connectivity index (χ1v) is 5.21. The van der Waals surface area contributed by atoms with Crippen molar-refractivity contribution in [2.45, 2.75) is 25.5 Å². The van der Waals surface area contributed by atoms with Crippen molar-refractivity contribution in [1.29, 1.82) is 0 Å². The minimum absolute atomic E-state index is 0.194. The van der Waals surface area contributed by atoms with E-state index in [0.717, 1.165) is 0 Å². The van der Waals surface area contributed by atoms with Crippen LogP contribution in [-0.2, 0) is 25.3 Å². The highest BCUT2D eigenvalue weighted by Gasteiger charge is 1.96. The third kappa shape index (κ3) is 136. The van der Waals surface area contributed by atoms with E-state index < -0.39 is 5.24 Å². The van der Waals surface area contributed by atoms with E-state index in [2.05, 4.69) is 64.4 Å². The third-order valence-corrected chi connectivity index (χ3v) is 0.730. The molecule has 92 valence electrons. The van der Waals surface area contributed by atoms with Gasteiger partial charge in [-0.3, -0.25) is 0 Å². The van der Waals surface area contributed by atoms with Gasteiger partial charge in [-0.15, -0.1) is 0 Å². The molecule has 0 aliphatic rings. The van der Waals surface area contributed by atoms with Gasteiger partial charge < -0.3 is 45.5 Å². The largest absolute Gasteiger partial charge is 0.719 e. The van der Waals surface area contributed by atoms with Crippen molar-refractivity contribution < 1.29 is 9.59 Å². The van der Waals surface area contributed by atoms with Gasteiger partial charge in [-0.05, 0) is 0 Å². The summed E-state index contributed by atoms with van der Waals surface area (Å²) in [5, 5.41) is -1.07. The molecule has 0 rings (SSSR count). The van der Waals surface area contributed by atoms with Crippen LogP contribution in [-0.4, -0.2) is 34.2 Å². The Morgan fingerprint density at radius 1 is 1.20 bits per heavy atom. The number of nitrogens with two attached hydrogens (primary N) is 1. The van der Waals surface area contributed by atoms with E-state index in [-0.39, 0.29) is 9.99 Å². The van der Waals surface area contributed by atoms with Crippen LogP contribution in [0, 0.1) is 0 Å². The monoisotopic (exact) mass is 270 g/mol. The van der Waals surface area contributed by atoms with Crippen molar-refractivity contribution in [3.63, 3.8) is 0 Å². The molecule has 0 heterocycles. The van der Waals surface area contributed by atoms with Gasteiger partial charge in [0, 0.05) is 18.8 Å². The Hall–Kier alpha value is -0.270. The average molecular weight is 270 g/mol. The van der Waals surface area contributed by atoms with E-state index in [0.29, 0.717) is 0 Å². The summed E-state index contributed by atoms with van der Waals surface area (Å²) in [6.45, 7) is 6.16. The van der Waals surface area contributed by atoms with Crippen LogP contribution in [0.1, 0.15) is 20.8 Å². The van der Waals surface area contributed by atoms with Crippen LogP contribution in [0.15, 0.2) is 0 Å². The minimum Gasteiger partial charge on any atom is -0.719 e. The van der Waals surface area contributed by atoms with Gasteiger partial charge >= 0.3 is 0 Å². The molecule has 0 saturated carbocycles. The lowest BCUT2D eigenvalue weighted by Gasteiger charge is -2.12. The highest BCUT2D eigenvalue weighted by molar-refractivity contribution is 7.81. The Balaban J connectivity index is -0.000000147. The Kier molecular flexibility index (Phi) is 13.8. The van der Waals surface area contributed by atoms with E-state index >= 15 is 0 Å². The van der Waals surface area contributed by atoms with Gasteiger partial charge in [0.25, 0.3) is 0 Å². The molecule has 2 amide bonds. The smallest absolute Gasteiger partial charge is 0.100 e. The number of primary amides is 1. The summed E-state index contributed by atoms with van der Waals surface area (Å²) in [4.78, 5) is 20.3. The fraction of sp³-hybridized carbons (Fsp3) is 0.750. The molecule has 0 fully saturated rings. The van der Waals surface area contributed by atoms with Crippen LogP contribution in [0.25, 0.3) is 0 Å². The molecule has 0 aliphatic carbocycles. The first kappa shape index (κ1) is 20.2. The maximum atomic E-state index is 9.88. The van der Waals surface area contributed by atoms with Crippen molar-refractivity contribution in [2.75, 3.05) is 14.1 Å². The Morgan fingerprint density at radius 2 is 1.27 bits per heavy atom. The first-order chi connectivity index (χ1) is 6.37. The molecule has 4 nitrogen and oxygen atoms in total. The number of carbonyl (C=O) groups is 2. The number of hydrogen-bond acceptors (Lipinski definition) is 5. The van der Waals surface area contributed by atoms with Crippen LogP contribution < -0.4 is 5.73 Å². The number of nitrogens with zero attached hydrogens (tertiary/aromatic N) is 1. The van der Waals surface area contributed by atoms with Crippen molar-refractivity contribution in [2.24, 2.45) is 5.73 Å². The van der Waals surface area contributed by atoms with Crippen molar-refractivity contribution in [1.82, 2.24) is 4.90 Å². The molecule has 0 atom stereocenters. The lowest BCUT2D eigenvalue weighted by atomic mass is 10.3. The third-order valence-electron chi connectivity index (χ3n) is 0.365. The molecule has 15 heavy (non-hydrogen) atoms. The molecule has 0 aliphatic heterocycles. The highest BCUT2D eigenvalue weighted by atomic mass is 32.1. The van der Waals surface area contributed by atoms with Crippen molar-refractivity contribution in [3.05, 3.63) is 0 Å². The number of rotatable bonds is 0. The Labute approximate surface area is 108 Å². The number of amides is 2. The molecular formula is C8H18N2O2S3-2. The summed E-state index contributed by atoms with van der Waals surface area (Å²) >= 11 is 12.1. The predicted octanol–water partition coefficient (Wildman–Crippen LogP) is 1.54. The molecule has 0 unspecified atom stereocenters. The second-order valence-electron chi connectivity index (χ2n) is 3.65. The van der Waals surface area contributed by atoms with E-state index in [1.807, 2.05) is 0 Å². The molecule has 0 bridgehead atoms. The van der Waals surface area contributed by atoms with Crippen LogP contribution >= 0.6 is 12.6 Å². The standard InChI is InChI=1S/C4H10S.C3H7NOS.CH3NOS/c1-4(2,3)5;1-4(2)3(5)6;2-1(3)4/h5H,1-3H3;1-2H3,(H,5,6);(H3,2,3,4)/p-2. The topological polar surface area (TPSA) is 63.4 Å². The van der Waals surface area contributed by atoms with Gasteiger partial charge in [0.15, 0.2) is 0 Å². The molecule has 0 radical (unpaired) electrons. The fourth-order valence-electron chi connectivity index (χ4n) is 0. The molecule has 0 aromatic rings. The highest BCUT2D eigenvalue weighted by Crippen LogP contribution is 2.07.